The van der Waals surface area contributed by atoms with E-state index in [0.29, 0.717) is 28.0 Å². The van der Waals surface area contributed by atoms with Crippen LogP contribution in [0.1, 0.15) is 15.9 Å². The number of hydrogen-bond acceptors (Lipinski definition) is 6. The zero-order chi connectivity index (χ0) is 20.7. The Morgan fingerprint density at radius 2 is 1.61 bits per heavy atom. The van der Waals surface area contributed by atoms with Crippen LogP contribution >= 0.6 is 11.6 Å². The number of hydrogen-bond donors (Lipinski definition) is 3. The lowest BCUT2D eigenvalue weighted by Crippen LogP contribution is -2.44. The van der Waals surface area contributed by atoms with E-state index in [1.54, 1.807) is 12.1 Å². The Morgan fingerprint density at radius 3 is 2.14 bits per heavy atom. The molecule has 2 aromatic carbocycles. The first-order chi connectivity index (χ1) is 13.4. The Balaban J connectivity index is 1.96. The van der Waals surface area contributed by atoms with Gasteiger partial charge in [0, 0.05) is 5.56 Å². The van der Waals surface area contributed by atoms with Crippen molar-refractivity contribution in [2.75, 3.05) is 33.2 Å². The molecule has 0 radical (unpaired) electrons. The molecule has 0 heterocycles. The zero-order valence-electron chi connectivity index (χ0n) is 16.0. The molecule has 0 atom stereocenters. The smallest absolute Gasteiger partial charge is 0.269 e. The van der Waals surface area contributed by atoms with Crippen molar-refractivity contribution in [1.82, 2.24) is 10.9 Å². The molecule has 0 aromatic heterocycles. The van der Waals surface area contributed by atoms with Crippen LogP contribution < -0.4 is 30.4 Å². The number of benzene rings is 2. The highest BCUT2D eigenvalue weighted by Crippen LogP contribution is 2.38. The Kier molecular flexibility index (Phi) is 7.34. The van der Waals surface area contributed by atoms with Crippen LogP contribution in [0.2, 0.25) is 5.02 Å². The summed E-state index contributed by atoms with van der Waals surface area (Å²) in [6.07, 6.45) is 0. The maximum atomic E-state index is 12.3. The highest BCUT2D eigenvalue weighted by atomic mass is 35.5. The summed E-state index contributed by atoms with van der Waals surface area (Å²) in [6, 6.07) is 8.39. The summed E-state index contributed by atoms with van der Waals surface area (Å²) in [5, 5.41) is 3.41. The highest BCUT2D eigenvalue weighted by Gasteiger charge is 2.17. The Morgan fingerprint density at radius 1 is 0.964 bits per heavy atom. The molecule has 0 bridgehead atoms. The first-order valence-corrected chi connectivity index (χ1v) is 8.66. The first kappa shape index (κ1) is 21.2. The number of aryl methyl sites for hydroxylation is 1. The second-order valence-corrected chi connectivity index (χ2v) is 6.16. The summed E-state index contributed by atoms with van der Waals surface area (Å²) in [7, 11) is 4.36. The third-order valence-electron chi connectivity index (χ3n) is 3.81. The fourth-order valence-electron chi connectivity index (χ4n) is 2.39. The number of anilines is 1. The van der Waals surface area contributed by atoms with Crippen molar-refractivity contribution in [2.24, 2.45) is 0 Å². The Labute approximate surface area is 168 Å². The molecule has 2 rings (SSSR count). The van der Waals surface area contributed by atoms with Crippen molar-refractivity contribution >= 4 is 29.1 Å². The molecule has 0 unspecified atom stereocenters. The van der Waals surface area contributed by atoms with Crippen LogP contribution in [0.15, 0.2) is 30.3 Å². The number of halogens is 1. The van der Waals surface area contributed by atoms with Crippen LogP contribution in [-0.2, 0) is 4.79 Å². The topological polar surface area (TPSA) is 97.9 Å². The van der Waals surface area contributed by atoms with Crippen molar-refractivity contribution in [1.29, 1.82) is 0 Å². The molecule has 2 amide bonds. The maximum absolute atomic E-state index is 12.3. The number of ether oxygens (including phenoxy) is 3. The lowest BCUT2D eigenvalue weighted by molar-refractivity contribution is -0.120. The van der Waals surface area contributed by atoms with Gasteiger partial charge in [-0.2, -0.15) is 0 Å². The standard InChI is InChI=1S/C19H22ClN3O5/c1-11-5-6-14(13(20)7-11)21-10-17(24)22-23-19(25)12-8-15(26-2)18(28-4)16(9-12)27-3/h5-9,21H,10H2,1-4H3,(H,22,24)(H,23,25). The number of hydrazine groups is 1. The van der Waals surface area contributed by atoms with E-state index in [0.717, 1.165) is 5.56 Å². The van der Waals surface area contributed by atoms with E-state index in [1.807, 2.05) is 13.0 Å². The number of methoxy groups -OCH3 is 3. The molecule has 9 heteroatoms. The van der Waals surface area contributed by atoms with Gasteiger partial charge in [0.1, 0.15) is 0 Å². The van der Waals surface area contributed by atoms with Crippen LogP contribution in [0.25, 0.3) is 0 Å². The summed E-state index contributed by atoms with van der Waals surface area (Å²) < 4.78 is 15.6. The molecule has 0 spiro atoms. The predicted octanol–water partition coefficient (Wildman–Crippen LogP) is 2.55. The average molecular weight is 408 g/mol. The van der Waals surface area contributed by atoms with Crippen LogP contribution in [0, 0.1) is 6.92 Å². The van der Waals surface area contributed by atoms with Gasteiger partial charge in [-0.3, -0.25) is 20.4 Å². The lowest BCUT2D eigenvalue weighted by atomic mass is 10.1. The van der Waals surface area contributed by atoms with E-state index < -0.39 is 11.8 Å². The van der Waals surface area contributed by atoms with Crippen LogP contribution in [0.3, 0.4) is 0 Å². The third-order valence-corrected chi connectivity index (χ3v) is 4.12. The summed E-state index contributed by atoms with van der Waals surface area (Å²) in [5.41, 5.74) is 6.53. The molecule has 3 N–H and O–H groups in total. The zero-order valence-corrected chi connectivity index (χ0v) is 16.8. The van der Waals surface area contributed by atoms with Crippen molar-refractivity contribution in [3.05, 3.63) is 46.5 Å². The minimum Gasteiger partial charge on any atom is -0.493 e. The Bertz CT molecular complexity index is 848. The summed E-state index contributed by atoms with van der Waals surface area (Å²) >= 11 is 6.10. The third kappa shape index (κ3) is 5.20. The summed E-state index contributed by atoms with van der Waals surface area (Å²) in [6.45, 7) is 1.85. The highest BCUT2D eigenvalue weighted by molar-refractivity contribution is 6.33. The van der Waals surface area contributed by atoms with Gasteiger partial charge < -0.3 is 19.5 Å². The van der Waals surface area contributed by atoms with E-state index in [2.05, 4.69) is 16.2 Å². The van der Waals surface area contributed by atoms with E-state index in [1.165, 1.54) is 33.5 Å². The molecule has 0 aliphatic heterocycles. The number of amides is 2. The van der Waals surface area contributed by atoms with Crippen LogP contribution in [0.4, 0.5) is 5.69 Å². The van der Waals surface area contributed by atoms with Crippen molar-refractivity contribution < 1.29 is 23.8 Å². The van der Waals surface area contributed by atoms with Gasteiger partial charge in [0.2, 0.25) is 5.75 Å². The van der Waals surface area contributed by atoms with Crippen LogP contribution in [-0.4, -0.2) is 39.7 Å². The fourth-order valence-corrected chi connectivity index (χ4v) is 2.70. The number of carbonyl (C=O) groups excluding carboxylic acids is 2. The predicted molar refractivity (Wildman–Crippen MR) is 106 cm³/mol. The molecular weight excluding hydrogens is 386 g/mol. The molecule has 150 valence electrons. The number of carbonyl (C=O) groups is 2. The molecule has 0 aliphatic carbocycles. The molecule has 0 saturated heterocycles. The van der Waals surface area contributed by atoms with Gasteiger partial charge in [-0.15, -0.1) is 0 Å². The molecule has 0 saturated carbocycles. The van der Waals surface area contributed by atoms with Crippen molar-refractivity contribution in [2.45, 2.75) is 6.92 Å². The molecule has 8 nitrogen and oxygen atoms in total. The second kappa shape index (κ2) is 9.70. The van der Waals surface area contributed by atoms with Gasteiger partial charge in [-0.05, 0) is 36.8 Å². The number of nitrogens with one attached hydrogen (secondary N) is 3. The van der Waals surface area contributed by atoms with Gasteiger partial charge in [-0.1, -0.05) is 17.7 Å². The SMILES string of the molecule is COc1cc(C(=O)NNC(=O)CNc2ccc(C)cc2Cl)cc(OC)c1OC. The van der Waals surface area contributed by atoms with Gasteiger partial charge in [0.15, 0.2) is 11.5 Å². The molecule has 2 aromatic rings. The normalized spacial score (nSPS) is 10.0. The monoisotopic (exact) mass is 407 g/mol. The number of rotatable bonds is 7. The van der Waals surface area contributed by atoms with Gasteiger partial charge in [0.05, 0.1) is 38.6 Å². The quantitative estimate of drug-likeness (QED) is 0.610. The van der Waals surface area contributed by atoms with E-state index in [9.17, 15) is 9.59 Å². The largest absolute Gasteiger partial charge is 0.493 e. The fraction of sp³-hybridized carbons (Fsp3) is 0.263. The second-order valence-electron chi connectivity index (χ2n) is 5.75. The van der Waals surface area contributed by atoms with Crippen molar-refractivity contribution in [3.8, 4) is 17.2 Å². The summed E-state index contributed by atoms with van der Waals surface area (Å²) in [5.74, 6) is 0.0335. The van der Waals surface area contributed by atoms with Crippen LogP contribution in [0.5, 0.6) is 17.2 Å². The van der Waals surface area contributed by atoms with Gasteiger partial charge in [-0.25, -0.2) is 0 Å². The van der Waals surface area contributed by atoms with Gasteiger partial charge in [0.25, 0.3) is 11.8 Å². The molecule has 0 aliphatic rings. The molecular formula is C19H22ClN3O5. The Hall–Kier alpha value is -3.13. The maximum Gasteiger partial charge on any atom is 0.269 e. The van der Waals surface area contributed by atoms with E-state index in [4.69, 9.17) is 25.8 Å². The summed E-state index contributed by atoms with van der Waals surface area (Å²) in [4.78, 5) is 24.3. The first-order valence-electron chi connectivity index (χ1n) is 8.28. The minimum absolute atomic E-state index is 0.0711. The lowest BCUT2D eigenvalue weighted by Gasteiger charge is -2.14. The van der Waals surface area contributed by atoms with Gasteiger partial charge >= 0.3 is 0 Å². The molecule has 28 heavy (non-hydrogen) atoms. The molecule has 0 fully saturated rings. The van der Waals surface area contributed by atoms with E-state index in [-0.39, 0.29) is 12.1 Å². The minimum atomic E-state index is -0.541. The van der Waals surface area contributed by atoms with E-state index >= 15 is 0 Å². The average Bonchev–Trinajstić information content (AvgIpc) is 2.69. The van der Waals surface area contributed by atoms with Crippen molar-refractivity contribution in [3.63, 3.8) is 0 Å².